The van der Waals surface area contributed by atoms with Crippen molar-refractivity contribution in [3.05, 3.63) is 45.3 Å². The second-order valence-corrected chi connectivity index (χ2v) is 7.98. The zero-order valence-corrected chi connectivity index (χ0v) is 14.9. The van der Waals surface area contributed by atoms with Gasteiger partial charge in [-0.05, 0) is 0 Å². The highest BCUT2D eigenvalue weighted by atomic mass is 31.3. The molecule has 2 unspecified atom stereocenters. The Kier molecular flexibility index (Phi) is 8.98. The molecule has 1 aromatic heterocycles. The van der Waals surface area contributed by atoms with Crippen LogP contribution in [0.4, 0.5) is 0 Å². The minimum Gasteiger partial charge on any atom is -0.339 e. The maximum absolute atomic E-state index is 12.3. The monoisotopic (exact) mass is 370 g/mol. The van der Waals surface area contributed by atoms with E-state index in [1.54, 1.807) is 12.2 Å². The molecule has 0 aromatic carbocycles. The van der Waals surface area contributed by atoms with Gasteiger partial charge in [-0.1, -0.05) is 12.2 Å². The summed E-state index contributed by atoms with van der Waals surface area (Å²) in [6.07, 6.45) is 4.57. The predicted molar refractivity (Wildman–Crippen MR) is 85.8 cm³/mol. The molecule has 0 spiro atoms. The molecule has 0 radical (unpaired) electrons. The first-order valence-electron chi connectivity index (χ1n) is 5.98. The molecule has 9 nitrogen and oxygen atoms in total. The molecule has 0 amide bonds. The van der Waals surface area contributed by atoms with Crippen molar-refractivity contribution >= 4 is 25.7 Å². The fourth-order valence-electron chi connectivity index (χ4n) is 1.26. The van der Waals surface area contributed by atoms with E-state index in [4.69, 9.17) is 17.7 Å². The highest BCUT2D eigenvalue weighted by molar-refractivity contribution is 7.63. The smallest absolute Gasteiger partial charge is 0.339 e. The summed E-state index contributed by atoms with van der Waals surface area (Å²) in [5.41, 5.74) is -0.979. The topological polar surface area (TPSA) is 109 Å². The molecule has 0 saturated heterocycles. The van der Waals surface area contributed by atoms with Crippen molar-refractivity contribution in [1.29, 1.82) is 0 Å². The molecule has 1 heterocycles. The summed E-state index contributed by atoms with van der Waals surface area (Å²) in [5, 5.41) is 0. The Morgan fingerprint density at radius 1 is 1.23 bits per heavy atom. The number of allylic oxidation sites excluding steroid dienone is 2. The van der Waals surface area contributed by atoms with E-state index in [-0.39, 0.29) is 12.7 Å². The number of hydrogen-bond acceptors (Lipinski definition) is 7. The average molecular weight is 370 g/mol. The van der Waals surface area contributed by atoms with E-state index in [0.29, 0.717) is 0 Å². The van der Waals surface area contributed by atoms with Crippen molar-refractivity contribution in [2.24, 2.45) is 0 Å². The fraction of sp³-hybridized carbons (Fsp3) is 0.400. The van der Waals surface area contributed by atoms with E-state index >= 15 is 0 Å². The first-order valence-corrected chi connectivity index (χ1v) is 9.34. The summed E-state index contributed by atoms with van der Waals surface area (Å²) in [5.74, 6) is 0. The predicted octanol–water partition coefficient (Wildman–Crippen LogP) is 1.63. The van der Waals surface area contributed by atoms with E-state index in [9.17, 15) is 14.2 Å². The van der Waals surface area contributed by atoms with Gasteiger partial charge in [0.25, 0.3) is 5.56 Å². The molecule has 0 bridgehead atoms. The lowest BCUT2D eigenvalue weighted by Gasteiger charge is -2.14. The van der Waals surface area contributed by atoms with E-state index in [1.165, 1.54) is 31.0 Å². The van der Waals surface area contributed by atoms with Gasteiger partial charge in [-0.3, -0.25) is 27.5 Å². The molecule has 124 valence electrons. The van der Waals surface area contributed by atoms with Crippen molar-refractivity contribution < 1.29 is 22.2 Å². The molecule has 1 N–H and O–H groups in total. The molecule has 12 heteroatoms. The molecule has 1 aromatic rings. The molecule has 0 fully saturated rings. The van der Waals surface area contributed by atoms with Crippen molar-refractivity contribution in [3.63, 3.8) is 0 Å². The van der Waals surface area contributed by atoms with Crippen LogP contribution in [0.25, 0.3) is 0 Å². The van der Waals surface area contributed by atoms with Crippen LogP contribution < -0.4 is 11.2 Å². The molecule has 2 atom stereocenters. The van der Waals surface area contributed by atoms with E-state index in [2.05, 4.69) is 4.98 Å². The van der Waals surface area contributed by atoms with Gasteiger partial charge in [0.2, 0.25) is 0 Å². The van der Waals surface area contributed by atoms with Crippen LogP contribution in [0, 0.1) is 0 Å². The fourth-order valence-corrected chi connectivity index (χ4v) is 4.25. The third-order valence-corrected chi connectivity index (χ3v) is 6.03. The minimum absolute atomic E-state index is 0.0117. The largest absolute Gasteiger partial charge is 0.344 e. The molecule has 0 aliphatic rings. The van der Waals surface area contributed by atoms with Gasteiger partial charge in [0, 0.05) is 33.0 Å². The number of aromatic amines is 1. The zero-order chi connectivity index (χ0) is 16.4. The average Bonchev–Trinajstić information content (AvgIpc) is 2.49. The maximum atomic E-state index is 12.3. The summed E-state index contributed by atoms with van der Waals surface area (Å²) in [7, 11) is -1.34. The molecule has 1 rings (SSSR count). The van der Waals surface area contributed by atoms with Gasteiger partial charge in [-0.25, -0.2) is 4.79 Å². The highest BCUT2D eigenvalue weighted by Crippen LogP contribution is 2.57. The molecule has 0 aliphatic heterocycles. The van der Waals surface area contributed by atoms with Crippen molar-refractivity contribution in [2.75, 3.05) is 20.4 Å². The van der Waals surface area contributed by atoms with E-state index < -0.39 is 36.9 Å². The lowest BCUT2D eigenvalue weighted by molar-refractivity contribution is 0.355. The van der Waals surface area contributed by atoms with Gasteiger partial charge in [0.15, 0.2) is 18.1 Å². The number of rotatable bonds is 10. The molecule has 0 aliphatic carbocycles. The summed E-state index contributed by atoms with van der Waals surface area (Å²) < 4.78 is 33.2. The summed E-state index contributed by atoms with van der Waals surface area (Å²) in [6, 6.07) is 1.24. The van der Waals surface area contributed by atoms with Gasteiger partial charge >= 0.3 is 13.3 Å². The Morgan fingerprint density at radius 3 is 2.41 bits per heavy atom. The van der Waals surface area contributed by atoms with Gasteiger partial charge < -0.3 is 9.05 Å². The first kappa shape index (κ1) is 19.4. The normalized spacial score (nSPS) is 15.4. The zero-order valence-electron chi connectivity index (χ0n) is 12.0. The standard InChI is InChI=1S/C10H17N2O7P3/c1-16-20-18-22(15,19-21-17-2)8-4-3-6-12-7-5-9(13)11-10(12)14/h3-5,7,20-21H,6,8H2,1-2H3,(H,11,13,14)/b4-3-. The van der Waals surface area contributed by atoms with Crippen molar-refractivity contribution in [3.8, 4) is 0 Å². The summed E-state index contributed by atoms with van der Waals surface area (Å²) >= 11 is 0. The molecule has 0 saturated carbocycles. The van der Waals surface area contributed by atoms with Crippen LogP contribution in [0.15, 0.2) is 34.0 Å². The van der Waals surface area contributed by atoms with Crippen molar-refractivity contribution in [1.82, 2.24) is 9.55 Å². The third kappa shape index (κ3) is 7.07. The number of aromatic nitrogens is 2. The summed E-state index contributed by atoms with van der Waals surface area (Å²) in [6.45, 7) is 0.217. The highest BCUT2D eigenvalue weighted by Gasteiger charge is 2.23. The molecular formula is C10H17N2O7P3. The minimum atomic E-state index is -3.35. The Bertz CT molecular complexity index is 630. The number of nitrogens with one attached hydrogen (secondary N) is 1. The lowest BCUT2D eigenvalue weighted by Crippen LogP contribution is -2.28. The van der Waals surface area contributed by atoms with Gasteiger partial charge in [-0.2, -0.15) is 0 Å². The van der Waals surface area contributed by atoms with E-state index in [1.807, 2.05) is 0 Å². The van der Waals surface area contributed by atoms with Crippen LogP contribution in [-0.2, 0) is 28.8 Å². The Morgan fingerprint density at radius 2 is 1.86 bits per heavy atom. The van der Waals surface area contributed by atoms with Crippen LogP contribution in [-0.4, -0.2) is 29.9 Å². The lowest BCUT2D eigenvalue weighted by atomic mass is 10.5. The second-order valence-electron chi connectivity index (χ2n) is 3.78. The van der Waals surface area contributed by atoms with Crippen molar-refractivity contribution in [2.45, 2.75) is 6.54 Å². The van der Waals surface area contributed by atoms with Gasteiger partial charge in [0.1, 0.15) is 0 Å². The second kappa shape index (κ2) is 10.2. The number of H-pyrrole nitrogens is 1. The first-order chi connectivity index (χ1) is 10.5. The van der Waals surface area contributed by atoms with Crippen LogP contribution in [0.3, 0.4) is 0 Å². The van der Waals surface area contributed by atoms with Gasteiger partial charge in [0.05, 0.1) is 6.16 Å². The molecule has 22 heavy (non-hydrogen) atoms. The summed E-state index contributed by atoms with van der Waals surface area (Å²) in [4.78, 5) is 24.5. The van der Waals surface area contributed by atoms with Crippen LogP contribution in [0.1, 0.15) is 0 Å². The van der Waals surface area contributed by atoms with Gasteiger partial charge in [-0.15, -0.1) is 0 Å². The molecular weight excluding hydrogens is 353 g/mol. The van der Waals surface area contributed by atoms with E-state index in [0.717, 1.165) is 0 Å². The van der Waals surface area contributed by atoms with Crippen LogP contribution in [0.5, 0.6) is 0 Å². The number of nitrogens with zero attached hydrogens (tertiary/aromatic N) is 1. The maximum Gasteiger partial charge on any atom is 0.344 e. The Hall–Kier alpha value is -0.650. The third-order valence-electron chi connectivity index (χ3n) is 2.21. The Labute approximate surface area is 130 Å². The SMILES string of the molecule is COPOP(=O)(C/C=C\Cn1ccc(=O)[nH]c1=O)OPOC. The van der Waals surface area contributed by atoms with Crippen LogP contribution in [0.2, 0.25) is 0 Å². The quantitative estimate of drug-likeness (QED) is 0.492. The van der Waals surface area contributed by atoms with Crippen LogP contribution >= 0.6 is 25.7 Å². The Balaban J connectivity index is 2.61. The number of hydrogen-bond donors (Lipinski definition) is 1.